The molecule has 21 heavy (non-hydrogen) atoms. The fourth-order valence-electron chi connectivity index (χ4n) is 1.32. The lowest BCUT2D eigenvalue weighted by atomic mass is 10.0. The standard InChI is InChI=1S/C11H19NO9/c12-5(11(19)20)1-2-8(16)21-7(4-14)10(18)9(17)6(15)3-13/h4-7,9-10,13,15,17-18H,1-3,12H2,(H,19,20)/t5-,6+,7+,9+,10+/m0/s1. The predicted molar refractivity (Wildman–Crippen MR) is 65.9 cm³/mol. The van der Waals surface area contributed by atoms with E-state index in [9.17, 15) is 24.6 Å². The molecule has 0 aliphatic carbocycles. The number of carboxylic acids is 1. The van der Waals surface area contributed by atoms with E-state index in [0.717, 1.165) is 0 Å². The average Bonchev–Trinajstić information content (AvgIpc) is 2.47. The monoisotopic (exact) mass is 309 g/mol. The maximum absolute atomic E-state index is 11.4. The van der Waals surface area contributed by atoms with Gasteiger partial charge >= 0.3 is 11.9 Å². The maximum atomic E-state index is 11.4. The van der Waals surface area contributed by atoms with Crippen molar-refractivity contribution in [2.24, 2.45) is 5.73 Å². The number of aliphatic hydroxyl groups is 4. The quantitative estimate of drug-likeness (QED) is 0.173. The van der Waals surface area contributed by atoms with Gasteiger partial charge in [0.15, 0.2) is 12.4 Å². The first-order valence-electron chi connectivity index (χ1n) is 6.02. The Morgan fingerprint density at radius 1 is 1.19 bits per heavy atom. The Hall–Kier alpha value is -1.59. The van der Waals surface area contributed by atoms with Crippen molar-refractivity contribution in [1.82, 2.24) is 0 Å². The minimum Gasteiger partial charge on any atom is -0.480 e. The number of nitrogens with two attached hydrogens (primary N) is 1. The van der Waals surface area contributed by atoms with Gasteiger partial charge in [-0.15, -0.1) is 0 Å². The highest BCUT2D eigenvalue weighted by atomic mass is 16.6. The summed E-state index contributed by atoms with van der Waals surface area (Å²) in [5, 5.41) is 45.2. The molecule has 0 unspecified atom stereocenters. The lowest BCUT2D eigenvalue weighted by Gasteiger charge is -2.25. The van der Waals surface area contributed by atoms with E-state index in [2.05, 4.69) is 4.74 Å². The summed E-state index contributed by atoms with van der Waals surface area (Å²) in [7, 11) is 0. The zero-order valence-electron chi connectivity index (χ0n) is 11.0. The molecule has 0 aliphatic rings. The van der Waals surface area contributed by atoms with Crippen LogP contribution in [0.3, 0.4) is 0 Å². The molecule has 0 aliphatic heterocycles. The SMILES string of the molecule is N[C@@H](CCC(=O)O[C@H](C=O)[C@@H](O)[C@H](O)[C@H](O)CO)C(=O)O. The first-order chi connectivity index (χ1) is 9.74. The zero-order chi connectivity index (χ0) is 16.6. The van der Waals surface area contributed by atoms with Crippen LogP contribution in [0.15, 0.2) is 0 Å². The fraction of sp³-hybridized carbons (Fsp3) is 0.727. The summed E-state index contributed by atoms with van der Waals surface area (Å²) in [6.07, 6.45) is -7.95. The molecule has 10 heteroatoms. The molecule has 0 bridgehead atoms. The topological polar surface area (TPSA) is 188 Å². The van der Waals surface area contributed by atoms with E-state index < -0.39 is 55.4 Å². The number of carbonyl (C=O) groups is 3. The number of rotatable bonds is 10. The lowest BCUT2D eigenvalue weighted by molar-refractivity contribution is -0.168. The molecule has 122 valence electrons. The van der Waals surface area contributed by atoms with Crippen molar-refractivity contribution in [3.05, 3.63) is 0 Å². The van der Waals surface area contributed by atoms with Crippen molar-refractivity contribution in [3.63, 3.8) is 0 Å². The average molecular weight is 309 g/mol. The second-order valence-corrected chi connectivity index (χ2v) is 4.31. The number of hydrogen-bond donors (Lipinski definition) is 6. The van der Waals surface area contributed by atoms with E-state index in [1.807, 2.05) is 0 Å². The molecule has 5 atom stereocenters. The predicted octanol–water partition coefficient (Wildman–Crippen LogP) is -3.64. The van der Waals surface area contributed by atoms with E-state index >= 15 is 0 Å². The largest absolute Gasteiger partial charge is 0.480 e. The molecule has 0 heterocycles. The first-order valence-corrected chi connectivity index (χ1v) is 6.02. The Balaban J connectivity index is 4.45. The molecule has 7 N–H and O–H groups in total. The lowest BCUT2D eigenvalue weighted by Crippen LogP contribution is -2.48. The molecule has 0 aromatic rings. The van der Waals surface area contributed by atoms with Crippen molar-refractivity contribution >= 4 is 18.2 Å². The van der Waals surface area contributed by atoms with E-state index in [-0.39, 0.29) is 12.7 Å². The number of carbonyl (C=O) groups excluding carboxylic acids is 2. The van der Waals surface area contributed by atoms with E-state index in [0.29, 0.717) is 0 Å². The molecule has 0 saturated heterocycles. The third-order valence-electron chi connectivity index (χ3n) is 2.65. The van der Waals surface area contributed by atoms with Gasteiger partial charge in [-0.25, -0.2) is 0 Å². The minimum absolute atomic E-state index is 0.0347. The molecule has 0 amide bonds. The summed E-state index contributed by atoms with van der Waals surface area (Å²) in [6, 6.07) is -1.28. The van der Waals surface area contributed by atoms with Crippen molar-refractivity contribution in [3.8, 4) is 0 Å². The van der Waals surface area contributed by atoms with Crippen LogP contribution in [-0.4, -0.2) is 80.8 Å². The molecular formula is C11H19NO9. The molecule has 0 saturated carbocycles. The van der Waals surface area contributed by atoms with Crippen LogP contribution in [0, 0.1) is 0 Å². The maximum Gasteiger partial charge on any atom is 0.320 e. The van der Waals surface area contributed by atoms with Crippen LogP contribution in [0.2, 0.25) is 0 Å². The number of aliphatic carboxylic acids is 1. The van der Waals surface area contributed by atoms with Crippen molar-refractivity contribution in [2.75, 3.05) is 6.61 Å². The highest BCUT2D eigenvalue weighted by molar-refractivity contribution is 5.76. The van der Waals surface area contributed by atoms with E-state index in [4.69, 9.17) is 21.1 Å². The van der Waals surface area contributed by atoms with Gasteiger partial charge in [-0.3, -0.25) is 14.4 Å². The second-order valence-electron chi connectivity index (χ2n) is 4.31. The van der Waals surface area contributed by atoms with Gasteiger partial charge in [0, 0.05) is 6.42 Å². The van der Waals surface area contributed by atoms with Crippen molar-refractivity contribution in [1.29, 1.82) is 0 Å². The zero-order valence-corrected chi connectivity index (χ0v) is 11.0. The summed E-state index contributed by atoms with van der Waals surface area (Å²) in [5.74, 6) is -2.31. The Labute approximate surface area is 119 Å². The summed E-state index contributed by atoms with van der Waals surface area (Å²) >= 11 is 0. The van der Waals surface area contributed by atoms with E-state index in [1.54, 1.807) is 0 Å². The van der Waals surface area contributed by atoms with Crippen LogP contribution in [0.25, 0.3) is 0 Å². The normalized spacial score (nSPS) is 18.1. The fourth-order valence-corrected chi connectivity index (χ4v) is 1.32. The Bertz CT molecular complexity index is 362. The Kier molecular flexibility index (Phi) is 8.66. The number of ether oxygens (including phenoxy) is 1. The van der Waals surface area contributed by atoms with Gasteiger partial charge in [-0.05, 0) is 6.42 Å². The van der Waals surface area contributed by atoms with Gasteiger partial charge in [0.05, 0.1) is 6.61 Å². The molecule has 10 nitrogen and oxygen atoms in total. The number of aldehydes is 1. The van der Waals surface area contributed by atoms with Gasteiger partial charge in [-0.1, -0.05) is 0 Å². The van der Waals surface area contributed by atoms with Gasteiger partial charge in [-0.2, -0.15) is 0 Å². The molecule has 0 fully saturated rings. The highest BCUT2D eigenvalue weighted by Gasteiger charge is 2.33. The van der Waals surface area contributed by atoms with Crippen molar-refractivity contribution < 1.29 is 44.7 Å². The molecule has 0 aromatic carbocycles. The third-order valence-corrected chi connectivity index (χ3v) is 2.65. The highest BCUT2D eigenvalue weighted by Crippen LogP contribution is 2.09. The van der Waals surface area contributed by atoms with Gasteiger partial charge in [0.2, 0.25) is 0 Å². The third kappa shape index (κ3) is 6.60. The summed E-state index contributed by atoms with van der Waals surface area (Å²) in [5.41, 5.74) is 5.17. The first kappa shape index (κ1) is 19.4. The number of carboxylic acid groups (broad SMARTS) is 1. The van der Waals surface area contributed by atoms with Gasteiger partial charge < -0.3 is 36.0 Å². The van der Waals surface area contributed by atoms with Crippen LogP contribution in [0.1, 0.15) is 12.8 Å². The number of esters is 1. The second kappa shape index (κ2) is 9.37. The molecule has 0 aromatic heterocycles. The molecule has 0 radical (unpaired) electrons. The van der Waals surface area contributed by atoms with Crippen LogP contribution in [0.5, 0.6) is 0 Å². The Morgan fingerprint density at radius 2 is 1.76 bits per heavy atom. The number of hydrogen-bond acceptors (Lipinski definition) is 9. The van der Waals surface area contributed by atoms with E-state index in [1.165, 1.54) is 0 Å². The molecular weight excluding hydrogens is 290 g/mol. The summed E-state index contributed by atoms with van der Waals surface area (Å²) in [4.78, 5) is 32.5. The number of aliphatic hydroxyl groups excluding tert-OH is 4. The van der Waals surface area contributed by atoms with Crippen LogP contribution in [-0.2, 0) is 19.1 Å². The molecule has 0 spiro atoms. The van der Waals surface area contributed by atoms with Crippen LogP contribution < -0.4 is 5.73 Å². The summed E-state index contributed by atoms with van der Waals surface area (Å²) in [6.45, 7) is -0.870. The summed E-state index contributed by atoms with van der Waals surface area (Å²) < 4.78 is 4.55. The minimum atomic E-state index is -1.94. The van der Waals surface area contributed by atoms with Crippen LogP contribution >= 0.6 is 0 Å². The Morgan fingerprint density at radius 3 is 2.19 bits per heavy atom. The molecule has 0 rings (SSSR count). The smallest absolute Gasteiger partial charge is 0.320 e. The van der Waals surface area contributed by atoms with Crippen LogP contribution in [0.4, 0.5) is 0 Å². The van der Waals surface area contributed by atoms with Gasteiger partial charge in [0.25, 0.3) is 0 Å². The van der Waals surface area contributed by atoms with Crippen molar-refractivity contribution in [2.45, 2.75) is 43.3 Å². The van der Waals surface area contributed by atoms with Gasteiger partial charge in [0.1, 0.15) is 24.4 Å².